The van der Waals surface area contributed by atoms with Crippen LogP contribution in [0.3, 0.4) is 0 Å². The van der Waals surface area contributed by atoms with Gasteiger partial charge in [0.05, 0.1) is 5.52 Å². The van der Waals surface area contributed by atoms with Crippen molar-refractivity contribution in [3.63, 3.8) is 0 Å². The molecule has 0 saturated carbocycles. The minimum absolute atomic E-state index is 0.100. The average Bonchev–Trinajstić information content (AvgIpc) is 2.74. The number of para-hydroxylation sites is 1. The van der Waals surface area contributed by atoms with Crippen molar-refractivity contribution in [3.05, 3.63) is 30.0 Å². The van der Waals surface area contributed by atoms with E-state index >= 15 is 0 Å². The molecule has 18 heavy (non-hydrogen) atoms. The summed E-state index contributed by atoms with van der Waals surface area (Å²) in [5.74, 6) is 1.21. The molecule has 0 aliphatic heterocycles. The van der Waals surface area contributed by atoms with E-state index in [9.17, 15) is 0 Å². The Bertz CT molecular complexity index is 521. The van der Waals surface area contributed by atoms with Crippen molar-refractivity contribution in [2.75, 3.05) is 6.54 Å². The van der Waals surface area contributed by atoms with Crippen LogP contribution >= 0.6 is 12.6 Å². The number of aromatic amines is 1. The Hall–Kier alpha value is -1.13. The molecule has 1 unspecified atom stereocenters. The number of rotatable bonds is 5. The topological polar surface area (TPSA) is 51.0 Å². The highest BCUT2D eigenvalue weighted by atomic mass is 32.1. The zero-order valence-electron chi connectivity index (χ0n) is 10.8. The van der Waals surface area contributed by atoms with Gasteiger partial charge < -0.3 is 15.5 Å². The SMILES string of the molecule is CC(C)C(S)Oc1cccc2c(CCN)c[nH]c12. The van der Waals surface area contributed by atoms with Crippen LogP contribution in [0.1, 0.15) is 19.4 Å². The van der Waals surface area contributed by atoms with Gasteiger partial charge in [0.1, 0.15) is 11.2 Å². The van der Waals surface area contributed by atoms with E-state index < -0.39 is 0 Å². The molecule has 0 amide bonds. The summed E-state index contributed by atoms with van der Waals surface area (Å²) in [6.07, 6.45) is 2.88. The summed E-state index contributed by atoms with van der Waals surface area (Å²) in [7, 11) is 0. The number of thiol groups is 1. The number of nitrogens with one attached hydrogen (secondary N) is 1. The molecule has 3 N–H and O–H groups in total. The molecule has 0 fully saturated rings. The summed E-state index contributed by atoms with van der Waals surface area (Å²) in [6.45, 7) is 4.83. The molecule has 0 spiro atoms. The van der Waals surface area contributed by atoms with Crippen molar-refractivity contribution < 1.29 is 4.74 Å². The summed E-state index contributed by atoms with van der Waals surface area (Å²) >= 11 is 4.45. The van der Waals surface area contributed by atoms with Crippen LogP contribution < -0.4 is 10.5 Å². The maximum absolute atomic E-state index is 5.88. The van der Waals surface area contributed by atoms with Gasteiger partial charge in [0, 0.05) is 11.6 Å². The Labute approximate surface area is 113 Å². The number of aromatic nitrogens is 1. The predicted molar refractivity (Wildman–Crippen MR) is 79.3 cm³/mol. The lowest BCUT2D eigenvalue weighted by Gasteiger charge is -2.17. The molecule has 4 heteroatoms. The van der Waals surface area contributed by atoms with Gasteiger partial charge in [-0.1, -0.05) is 26.0 Å². The first-order chi connectivity index (χ1) is 8.63. The predicted octanol–water partition coefficient (Wildman–Crippen LogP) is 2.96. The minimum Gasteiger partial charge on any atom is -0.478 e. The Morgan fingerprint density at radius 2 is 2.17 bits per heavy atom. The highest BCUT2D eigenvalue weighted by Crippen LogP contribution is 2.29. The zero-order valence-corrected chi connectivity index (χ0v) is 11.7. The number of H-pyrrole nitrogens is 1. The fourth-order valence-corrected chi connectivity index (χ4v) is 2.02. The number of hydrogen-bond donors (Lipinski definition) is 3. The third-order valence-electron chi connectivity index (χ3n) is 2.99. The van der Waals surface area contributed by atoms with Gasteiger partial charge in [-0.25, -0.2) is 0 Å². The monoisotopic (exact) mass is 264 g/mol. The van der Waals surface area contributed by atoms with Gasteiger partial charge in [-0.2, -0.15) is 0 Å². The maximum Gasteiger partial charge on any atom is 0.145 e. The third-order valence-corrected chi connectivity index (χ3v) is 3.70. The van der Waals surface area contributed by atoms with Crippen LogP contribution in [0.5, 0.6) is 5.75 Å². The number of fused-ring (bicyclic) bond motifs is 1. The largest absolute Gasteiger partial charge is 0.478 e. The second-order valence-corrected chi connectivity index (χ2v) is 5.29. The molecule has 0 bridgehead atoms. The summed E-state index contributed by atoms with van der Waals surface area (Å²) < 4.78 is 5.88. The van der Waals surface area contributed by atoms with Gasteiger partial charge in [0.15, 0.2) is 0 Å². The van der Waals surface area contributed by atoms with Gasteiger partial charge in [0.25, 0.3) is 0 Å². The van der Waals surface area contributed by atoms with Crippen molar-refractivity contribution in [2.45, 2.75) is 25.7 Å². The third kappa shape index (κ3) is 2.65. The Kier molecular flexibility index (Phi) is 4.19. The molecule has 0 aliphatic rings. The van der Waals surface area contributed by atoms with E-state index in [-0.39, 0.29) is 5.44 Å². The Morgan fingerprint density at radius 3 is 2.83 bits per heavy atom. The summed E-state index contributed by atoms with van der Waals surface area (Å²) in [4.78, 5) is 3.27. The fraction of sp³-hybridized carbons (Fsp3) is 0.429. The highest BCUT2D eigenvalue weighted by molar-refractivity contribution is 7.80. The van der Waals surface area contributed by atoms with E-state index in [1.807, 2.05) is 18.3 Å². The lowest BCUT2D eigenvalue weighted by molar-refractivity contribution is 0.241. The highest BCUT2D eigenvalue weighted by Gasteiger charge is 2.13. The van der Waals surface area contributed by atoms with Gasteiger partial charge >= 0.3 is 0 Å². The van der Waals surface area contributed by atoms with Crippen molar-refractivity contribution >= 4 is 23.5 Å². The quantitative estimate of drug-likeness (QED) is 0.574. The van der Waals surface area contributed by atoms with Crippen LogP contribution in [0.25, 0.3) is 10.9 Å². The second kappa shape index (κ2) is 5.67. The summed E-state index contributed by atoms with van der Waals surface area (Å²) in [6, 6.07) is 6.07. The minimum atomic E-state index is -0.100. The zero-order chi connectivity index (χ0) is 13.1. The van der Waals surface area contributed by atoms with Gasteiger partial charge in [-0.05, 0) is 30.5 Å². The molecule has 2 aromatic rings. The van der Waals surface area contributed by atoms with Crippen LogP contribution in [0.4, 0.5) is 0 Å². The molecule has 3 nitrogen and oxygen atoms in total. The molecule has 0 saturated heterocycles. The molecule has 1 aromatic heterocycles. The number of benzene rings is 1. The van der Waals surface area contributed by atoms with E-state index in [0.717, 1.165) is 17.7 Å². The molecule has 1 aromatic carbocycles. The molecular weight excluding hydrogens is 244 g/mol. The van der Waals surface area contributed by atoms with E-state index in [1.54, 1.807) is 0 Å². The Balaban J connectivity index is 2.34. The normalized spacial score (nSPS) is 13.2. The molecule has 1 atom stereocenters. The van der Waals surface area contributed by atoms with Crippen LogP contribution in [0.15, 0.2) is 24.4 Å². The van der Waals surface area contributed by atoms with E-state index in [4.69, 9.17) is 10.5 Å². The molecule has 1 heterocycles. The van der Waals surface area contributed by atoms with Gasteiger partial charge in [-0.15, -0.1) is 12.6 Å². The lowest BCUT2D eigenvalue weighted by Crippen LogP contribution is -2.16. The van der Waals surface area contributed by atoms with E-state index in [0.29, 0.717) is 12.5 Å². The van der Waals surface area contributed by atoms with E-state index in [2.05, 4.69) is 37.5 Å². The molecule has 98 valence electrons. The number of ether oxygens (including phenoxy) is 1. The first-order valence-electron chi connectivity index (χ1n) is 6.27. The van der Waals surface area contributed by atoms with Crippen LogP contribution in [-0.2, 0) is 6.42 Å². The first kappa shape index (κ1) is 13.3. The second-order valence-electron chi connectivity index (χ2n) is 4.78. The standard InChI is InChI=1S/C14H20N2OS/c1-9(2)14(18)17-12-5-3-4-11-10(6-7-15)8-16-13(11)12/h3-5,8-9,14,16,18H,6-7,15H2,1-2H3. The fourth-order valence-electron chi connectivity index (χ4n) is 1.91. The average molecular weight is 264 g/mol. The van der Waals surface area contributed by atoms with Gasteiger partial charge in [-0.3, -0.25) is 0 Å². The number of nitrogens with two attached hydrogens (primary N) is 1. The van der Waals surface area contributed by atoms with Crippen LogP contribution in [0.2, 0.25) is 0 Å². The molecule has 0 radical (unpaired) electrons. The summed E-state index contributed by atoms with van der Waals surface area (Å²) in [5, 5.41) is 1.18. The summed E-state index contributed by atoms with van der Waals surface area (Å²) in [5.41, 5.74) is 7.77. The van der Waals surface area contributed by atoms with E-state index in [1.165, 1.54) is 10.9 Å². The van der Waals surface area contributed by atoms with Crippen molar-refractivity contribution in [2.24, 2.45) is 11.7 Å². The lowest BCUT2D eigenvalue weighted by atomic mass is 10.1. The molecular formula is C14H20N2OS. The Morgan fingerprint density at radius 1 is 1.39 bits per heavy atom. The maximum atomic E-state index is 5.88. The molecule has 0 aliphatic carbocycles. The molecule has 2 rings (SSSR count). The smallest absolute Gasteiger partial charge is 0.145 e. The van der Waals surface area contributed by atoms with Crippen LogP contribution in [-0.4, -0.2) is 17.0 Å². The van der Waals surface area contributed by atoms with Crippen molar-refractivity contribution in [1.82, 2.24) is 4.98 Å². The number of hydrogen-bond acceptors (Lipinski definition) is 3. The van der Waals surface area contributed by atoms with Crippen LogP contribution in [0, 0.1) is 5.92 Å². The van der Waals surface area contributed by atoms with Crippen molar-refractivity contribution in [3.8, 4) is 5.75 Å². The first-order valence-corrected chi connectivity index (χ1v) is 6.79. The van der Waals surface area contributed by atoms with Gasteiger partial charge in [0.2, 0.25) is 0 Å². The van der Waals surface area contributed by atoms with Crippen molar-refractivity contribution in [1.29, 1.82) is 0 Å².